The standard InChI is InChI=1S/C43H42ClN5O9/c1-25-32(24-58-41-18-40(57-23-30-15-29(19-45)20-46-21-30)33(16-37(41)44)22-48-28(4)43(52)53)7-5-9-35(25)36-10-6-8-34(26(36)2)31-11-12-39(38(17-31)49(54)55)56-14-13-47-27(3)42(50)51/h5-12,15-18,20-21,27-28,47-48H,13-14,22-24H2,1-4H3,(H,50,51)(H,52,53). The van der Waals surface area contributed by atoms with Crippen molar-refractivity contribution in [1.29, 1.82) is 5.26 Å². The summed E-state index contributed by atoms with van der Waals surface area (Å²) in [4.78, 5) is 38.2. The number of nitro groups is 1. The van der Waals surface area contributed by atoms with Crippen LogP contribution in [0.3, 0.4) is 0 Å². The first-order valence-corrected chi connectivity index (χ1v) is 18.6. The van der Waals surface area contributed by atoms with E-state index in [2.05, 4.69) is 21.7 Å². The Morgan fingerprint density at radius 2 is 1.50 bits per heavy atom. The number of rotatable bonds is 19. The molecule has 0 bridgehead atoms. The van der Waals surface area contributed by atoms with Crippen molar-refractivity contribution in [3.8, 4) is 45.6 Å². The number of carboxylic acids is 2. The fraction of sp³-hybridized carbons (Fsp3) is 0.256. The predicted molar refractivity (Wildman–Crippen MR) is 217 cm³/mol. The number of nitriles is 1. The summed E-state index contributed by atoms with van der Waals surface area (Å²) < 4.78 is 18.1. The van der Waals surface area contributed by atoms with Gasteiger partial charge >= 0.3 is 17.6 Å². The van der Waals surface area contributed by atoms with Crippen LogP contribution in [0.4, 0.5) is 5.69 Å². The quantitative estimate of drug-likeness (QED) is 0.0360. The Labute approximate surface area is 340 Å². The summed E-state index contributed by atoms with van der Waals surface area (Å²) >= 11 is 6.72. The number of carbonyl (C=O) groups is 2. The number of benzene rings is 4. The Morgan fingerprint density at radius 3 is 2.21 bits per heavy atom. The first-order valence-electron chi connectivity index (χ1n) is 18.2. The van der Waals surface area contributed by atoms with Crippen LogP contribution >= 0.6 is 11.6 Å². The van der Waals surface area contributed by atoms with Gasteiger partial charge in [0.25, 0.3) is 0 Å². The lowest BCUT2D eigenvalue weighted by molar-refractivity contribution is -0.385. The molecule has 4 N–H and O–H groups in total. The first kappa shape index (κ1) is 42.6. The van der Waals surface area contributed by atoms with Crippen LogP contribution in [0.25, 0.3) is 22.3 Å². The molecule has 0 aliphatic carbocycles. The van der Waals surface area contributed by atoms with Gasteiger partial charge in [-0.25, -0.2) is 0 Å². The highest BCUT2D eigenvalue weighted by molar-refractivity contribution is 6.32. The van der Waals surface area contributed by atoms with Gasteiger partial charge in [-0.05, 0) is 84.8 Å². The fourth-order valence-electron chi connectivity index (χ4n) is 6.10. The van der Waals surface area contributed by atoms with Gasteiger partial charge in [0.2, 0.25) is 0 Å². The van der Waals surface area contributed by atoms with Crippen LogP contribution in [0.1, 0.15) is 47.2 Å². The molecule has 4 aromatic carbocycles. The van der Waals surface area contributed by atoms with Crippen LogP contribution in [0.15, 0.2) is 85.2 Å². The second-order valence-electron chi connectivity index (χ2n) is 13.5. The third kappa shape index (κ3) is 10.6. The maximum atomic E-state index is 12.1. The summed E-state index contributed by atoms with van der Waals surface area (Å²) in [6, 6.07) is 21.9. The van der Waals surface area contributed by atoms with E-state index in [1.54, 1.807) is 36.5 Å². The number of aromatic nitrogens is 1. The van der Waals surface area contributed by atoms with Gasteiger partial charge in [-0.2, -0.15) is 5.26 Å². The highest BCUT2D eigenvalue weighted by atomic mass is 35.5. The van der Waals surface area contributed by atoms with Crippen LogP contribution in [-0.2, 0) is 29.3 Å². The van der Waals surface area contributed by atoms with E-state index in [0.29, 0.717) is 38.8 Å². The van der Waals surface area contributed by atoms with Gasteiger partial charge in [0.1, 0.15) is 49.5 Å². The molecule has 1 heterocycles. The Bertz CT molecular complexity index is 2360. The molecule has 2 unspecified atom stereocenters. The molecule has 1 aromatic heterocycles. The molecule has 300 valence electrons. The summed E-state index contributed by atoms with van der Waals surface area (Å²) in [5.41, 5.74) is 7.48. The van der Waals surface area contributed by atoms with Crippen LogP contribution in [0.5, 0.6) is 17.2 Å². The van der Waals surface area contributed by atoms with E-state index in [-0.39, 0.29) is 44.3 Å². The highest BCUT2D eigenvalue weighted by Gasteiger charge is 2.20. The lowest BCUT2D eigenvalue weighted by Crippen LogP contribution is -2.36. The largest absolute Gasteiger partial charge is 0.488 e. The van der Waals surface area contributed by atoms with Crippen LogP contribution < -0.4 is 24.8 Å². The Balaban J connectivity index is 1.37. The number of carboxylic acid groups (broad SMARTS) is 2. The molecular formula is C43H42ClN5O9. The fourth-order valence-corrected chi connectivity index (χ4v) is 6.34. The normalized spacial score (nSPS) is 11.9. The first-order chi connectivity index (χ1) is 27.8. The van der Waals surface area contributed by atoms with Gasteiger partial charge < -0.3 is 35.1 Å². The molecule has 0 fully saturated rings. The summed E-state index contributed by atoms with van der Waals surface area (Å²) in [5.74, 6) is -1.18. The Morgan fingerprint density at radius 1 is 0.828 bits per heavy atom. The highest BCUT2D eigenvalue weighted by Crippen LogP contribution is 2.39. The van der Waals surface area contributed by atoms with Crippen molar-refractivity contribution < 1.29 is 38.9 Å². The molecular weight excluding hydrogens is 766 g/mol. The van der Waals surface area contributed by atoms with Crippen LogP contribution in [-0.4, -0.2) is 57.3 Å². The number of ether oxygens (including phenoxy) is 3. The predicted octanol–water partition coefficient (Wildman–Crippen LogP) is 7.63. The van der Waals surface area contributed by atoms with E-state index in [9.17, 15) is 30.1 Å². The molecule has 0 amide bonds. The number of nitro benzene ring substituents is 1. The zero-order chi connectivity index (χ0) is 41.9. The van der Waals surface area contributed by atoms with Crippen molar-refractivity contribution in [3.63, 3.8) is 0 Å². The van der Waals surface area contributed by atoms with E-state index in [4.69, 9.17) is 30.9 Å². The van der Waals surface area contributed by atoms with E-state index in [0.717, 1.165) is 33.4 Å². The lowest BCUT2D eigenvalue weighted by atomic mass is 9.89. The maximum Gasteiger partial charge on any atom is 0.320 e. The minimum absolute atomic E-state index is 0.0423. The number of nitrogens with one attached hydrogen (secondary N) is 2. The van der Waals surface area contributed by atoms with Gasteiger partial charge in [-0.1, -0.05) is 54.1 Å². The number of halogens is 1. The molecule has 15 heteroatoms. The Hall–Kier alpha value is -6.53. The monoisotopic (exact) mass is 807 g/mol. The molecule has 0 aliphatic heterocycles. The lowest BCUT2D eigenvalue weighted by Gasteiger charge is -2.19. The van der Waals surface area contributed by atoms with Gasteiger partial charge in [0.15, 0.2) is 5.75 Å². The third-order valence-electron chi connectivity index (χ3n) is 9.50. The summed E-state index contributed by atoms with van der Waals surface area (Å²) in [5, 5.41) is 45.8. The SMILES string of the molecule is Cc1c(COc2cc(OCc3cncc(C#N)c3)c(CNC(C)C(=O)O)cc2Cl)cccc1-c1cccc(-c2ccc(OCCNC(C)C(=O)O)c([N+](=O)[O-])c2)c1C. The van der Waals surface area contributed by atoms with Crippen molar-refractivity contribution in [1.82, 2.24) is 15.6 Å². The summed E-state index contributed by atoms with van der Waals surface area (Å²) in [7, 11) is 0. The molecule has 0 radical (unpaired) electrons. The van der Waals surface area contributed by atoms with E-state index >= 15 is 0 Å². The topological polar surface area (TPSA) is 206 Å². The number of hydrogen-bond acceptors (Lipinski definition) is 11. The molecule has 0 saturated heterocycles. The molecule has 58 heavy (non-hydrogen) atoms. The number of hydrogen-bond donors (Lipinski definition) is 4. The zero-order valence-electron chi connectivity index (χ0n) is 32.2. The molecule has 5 aromatic rings. The molecule has 0 spiro atoms. The minimum Gasteiger partial charge on any atom is -0.488 e. The van der Waals surface area contributed by atoms with Gasteiger partial charge in [0, 0.05) is 48.7 Å². The number of pyridine rings is 1. The van der Waals surface area contributed by atoms with E-state index in [1.807, 2.05) is 50.2 Å². The van der Waals surface area contributed by atoms with Crippen molar-refractivity contribution >= 4 is 29.2 Å². The zero-order valence-corrected chi connectivity index (χ0v) is 33.0. The molecule has 14 nitrogen and oxygen atoms in total. The molecule has 0 aliphatic rings. The number of nitrogens with zero attached hydrogens (tertiary/aromatic N) is 3. The second kappa shape index (κ2) is 19.6. The average Bonchev–Trinajstić information content (AvgIpc) is 3.21. The van der Waals surface area contributed by atoms with Gasteiger partial charge in [-0.3, -0.25) is 24.7 Å². The van der Waals surface area contributed by atoms with Crippen molar-refractivity contribution in [2.45, 2.75) is 59.5 Å². The maximum absolute atomic E-state index is 12.1. The number of aliphatic carboxylic acids is 2. The molecule has 2 atom stereocenters. The van der Waals surface area contributed by atoms with Gasteiger partial charge in [-0.15, -0.1) is 0 Å². The Kier molecular flexibility index (Phi) is 14.4. The van der Waals surface area contributed by atoms with Crippen molar-refractivity contribution in [3.05, 3.63) is 134 Å². The van der Waals surface area contributed by atoms with E-state index < -0.39 is 28.9 Å². The third-order valence-corrected chi connectivity index (χ3v) is 9.80. The second-order valence-corrected chi connectivity index (χ2v) is 13.9. The van der Waals surface area contributed by atoms with Crippen LogP contribution in [0.2, 0.25) is 5.02 Å². The van der Waals surface area contributed by atoms with Gasteiger partial charge in [0.05, 0.1) is 15.5 Å². The average molecular weight is 808 g/mol. The molecule has 0 saturated carbocycles. The summed E-state index contributed by atoms with van der Waals surface area (Å²) in [6.07, 6.45) is 3.05. The van der Waals surface area contributed by atoms with Crippen molar-refractivity contribution in [2.75, 3.05) is 13.2 Å². The smallest absolute Gasteiger partial charge is 0.320 e. The minimum atomic E-state index is -1.01. The van der Waals surface area contributed by atoms with Crippen molar-refractivity contribution in [2.24, 2.45) is 0 Å². The molecule has 5 rings (SSSR count). The van der Waals surface area contributed by atoms with E-state index in [1.165, 1.54) is 26.1 Å². The van der Waals surface area contributed by atoms with Crippen LogP contribution in [0, 0.1) is 35.3 Å². The summed E-state index contributed by atoms with van der Waals surface area (Å²) in [6.45, 7) is 7.60.